The molecule has 1 unspecified atom stereocenters. The number of carbonyl (C=O) groups is 2. The summed E-state index contributed by atoms with van der Waals surface area (Å²) in [5.41, 5.74) is 0. The van der Waals surface area contributed by atoms with Crippen molar-refractivity contribution in [3.63, 3.8) is 0 Å². The maximum absolute atomic E-state index is 11.7. The van der Waals surface area contributed by atoms with Gasteiger partial charge in [0, 0.05) is 19.0 Å². The second kappa shape index (κ2) is 6.18. The molecule has 1 aliphatic heterocycles. The van der Waals surface area contributed by atoms with E-state index >= 15 is 0 Å². The van der Waals surface area contributed by atoms with Crippen LogP contribution in [0.15, 0.2) is 0 Å². The van der Waals surface area contributed by atoms with Crippen LogP contribution in [-0.2, 0) is 14.3 Å². The van der Waals surface area contributed by atoms with Gasteiger partial charge in [-0.25, -0.2) is 0 Å². The molecule has 0 spiro atoms. The number of esters is 1. The Hall–Kier alpha value is -1.10. The second-order valence-electron chi connectivity index (χ2n) is 5.04. The lowest BCUT2D eigenvalue weighted by atomic mass is 10.2. The van der Waals surface area contributed by atoms with Crippen LogP contribution in [0.3, 0.4) is 0 Å². The van der Waals surface area contributed by atoms with Crippen LogP contribution in [-0.4, -0.2) is 48.6 Å². The van der Waals surface area contributed by atoms with E-state index < -0.39 is 0 Å². The Morgan fingerprint density at radius 1 is 1.33 bits per heavy atom. The topological polar surface area (TPSA) is 58.6 Å². The van der Waals surface area contributed by atoms with Crippen molar-refractivity contribution in [1.29, 1.82) is 0 Å². The maximum atomic E-state index is 11.7. The molecular weight excluding hydrogens is 232 g/mol. The van der Waals surface area contributed by atoms with Crippen LogP contribution in [0.25, 0.3) is 0 Å². The predicted molar refractivity (Wildman–Crippen MR) is 67.0 cm³/mol. The zero-order valence-electron chi connectivity index (χ0n) is 11.0. The van der Waals surface area contributed by atoms with Crippen LogP contribution in [0.1, 0.15) is 39.0 Å². The van der Waals surface area contributed by atoms with Crippen molar-refractivity contribution in [2.75, 3.05) is 19.7 Å². The number of nitrogens with zero attached hydrogens (tertiary/aromatic N) is 1. The minimum atomic E-state index is -0.141. The third-order valence-corrected chi connectivity index (χ3v) is 3.49. The third-order valence-electron chi connectivity index (χ3n) is 3.49. The first-order valence-electron chi connectivity index (χ1n) is 6.90. The molecule has 1 aliphatic carbocycles. The number of hydrogen-bond donors (Lipinski definition) is 1. The first-order valence-corrected chi connectivity index (χ1v) is 6.90. The SMILES string of the molecule is CCOC(=O)C1CCCN1CCC(=O)NC1CC1. The molecule has 1 saturated carbocycles. The molecule has 5 heteroatoms. The van der Waals surface area contributed by atoms with Gasteiger partial charge in [-0.15, -0.1) is 0 Å². The molecule has 0 radical (unpaired) electrons. The highest BCUT2D eigenvalue weighted by molar-refractivity contribution is 5.78. The van der Waals surface area contributed by atoms with Gasteiger partial charge in [0.2, 0.25) is 5.91 Å². The summed E-state index contributed by atoms with van der Waals surface area (Å²) >= 11 is 0. The third kappa shape index (κ3) is 3.70. The average molecular weight is 254 g/mol. The van der Waals surface area contributed by atoms with Crippen LogP contribution in [0.2, 0.25) is 0 Å². The summed E-state index contributed by atoms with van der Waals surface area (Å²) < 4.78 is 5.06. The molecule has 1 atom stereocenters. The molecule has 1 N–H and O–H groups in total. The number of ether oxygens (including phenoxy) is 1. The van der Waals surface area contributed by atoms with Gasteiger partial charge in [0.15, 0.2) is 0 Å². The Morgan fingerprint density at radius 3 is 2.78 bits per heavy atom. The van der Waals surface area contributed by atoms with Crippen LogP contribution >= 0.6 is 0 Å². The lowest BCUT2D eigenvalue weighted by Crippen LogP contribution is -2.39. The number of amides is 1. The molecule has 1 heterocycles. The van der Waals surface area contributed by atoms with Gasteiger partial charge >= 0.3 is 5.97 Å². The quantitative estimate of drug-likeness (QED) is 0.708. The van der Waals surface area contributed by atoms with Gasteiger partial charge in [-0.05, 0) is 39.2 Å². The fourth-order valence-electron chi connectivity index (χ4n) is 2.37. The van der Waals surface area contributed by atoms with Gasteiger partial charge < -0.3 is 10.1 Å². The Balaban J connectivity index is 1.72. The molecule has 2 fully saturated rings. The van der Waals surface area contributed by atoms with Crippen molar-refractivity contribution in [1.82, 2.24) is 10.2 Å². The zero-order chi connectivity index (χ0) is 13.0. The van der Waals surface area contributed by atoms with Crippen molar-refractivity contribution < 1.29 is 14.3 Å². The molecule has 2 aliphatic rings. The van der Waals surface area contributed by atoms with E-state index in [0.29, 0.717) is 25.6 Å². The van der Waals surface area contributed by atoms with E-state index in [1.165, 1.54) is 0 Å². The van der Waals surface area contributed by atoms with E-state index in [1.807, 2.05) is 6.92 Å². The number of nitrogens with one attached hydrogen (secondary N) is 1. The first-order chi connectivity index (χ1) is 8.70. The summed E-state index contributed by atoms with van der Waals surface area (Å²) in [6.07, 6.45) is 4.56. The molecular formula is C13H22N2O3. The molecule has 102 valence electrons. The Kier molecular flexibility index (Phi) is 4.58. The average Bonchev–Trinajstić information content (AvgIpc) is 3.02. The molecule has 0 aromatic carbocycles. The Bertz CT molecular complexity index is 315. The van der Waals surface area contributed by atoms with E-state index in [4.69, 9.17) is 4.74 Å². The highest BCUT2D eigenvalue weighted by Crippen LogP contribution is 2.20. The molecule has 0 aromatic rings. The van der Waals surface area contributed by atoms with Crippen LogP contribution < -0.4 is 5.32 Å². The van der Waals surface area contributed by atoms with E-state index in [9.17, 15) is 9.59 Å². The number of hydrogen-bond acceptors (Lipinski definition) is 4. The monoisotopic (exact) mass is 254 g/mol. The fourth-order valence-corrected chi connectivity index (χ4v) is 2.37. The number of rotatable bonds is 6. The van der Waals surface area contributed by atoms with Gasteiger partial charge in [-0.2, -0.15) is 0 Å². The summed E-state index contributed by atoms with van der Waals surface area (Å²) in [6.45, 7) is 3.79. The summed E-state index contributed by atoms with van der Waals surface area (Å²) in [5, 5.41) is 2.97. The van der Waals surface area contributed by atoms with E-state index in [2.05, 4.69) is 10.2 Å². The molecule has 2 rings (SSSR count). The highest BCUT2D eigenvalue weighted by Gasteiger charge is 2.32. The molecule has 1 saturated heterocycles. The molecule has 5 nitrogen and oxygen atoms in total. The van der Waals surface area contributed by atoms with Crippen LogP contribution in [0.4, 0.5) is 0 Å². The van der Waals surface area contributed by atoms with Crippen molar-refractivity contribution in [3.05, 3.63) is 0 Å². The molecule has 1 amide bonds. The normalized spacial score (nSPS) is 23.9. The fraction of sp³-hybridized carbons (Fsp3) is 0.846. The van der Waals surface area contributed by atoms with E-state index in [0.717, 1.165) is 32.2 Å². The molecule has 0 aromatic heterocycles. The molecule has 0 bridgehead atoms. The summed E-state index contributed by atoms with van der Waals surface area (Å²) in [4.78, 5) is 25.4. The standard InChI is InChI=1S/C13H22N2O3/c1-2-18-13(17)11-4-3-8-15(11)9-7-12(16)14-10-5-6-10/h10-11H,2-9H2,1H3,(H,14,16). The number of carbonyl (C=O) groups excluding carboxylic acids is 2. The predicted octanol–water partition coefficient (Wildman–Crippen LogP) is 0.683. The second-order valence-corrected chi connectivity index (χ2v) is 5.04. The van der Waals surface area contributed by atoms with E-state index in [-0.39, 0.29) is 17.9 Å². The zero-order valence-corrected chi connectivity index (χ0v) is 11.0. The van der Waals surface area contributed by atoms with Gasteiger partial charge in [-0.1, -0.05) is 0 Å². The summed E-state index contributed by atoms with van der Waals surface area (Å²) in [5.74, 6) is -0.0374. The molecule has 18 heavy (non-hydrogen) atoms. The highest BCUT2D eigenvalue weighted by atomic mass is 16.5. The largest absolute Gasteiger partial charge is 0.465 e. The lowest BCUT2D eigenvalue weighted by molar-refractivity contribution is -0.148. The Morgan fingerprint density at radius 2 is 2.11 bits per heavy atom. The van der Waals surface area contributed by atoms with Crippen LogP contribution in [0, 0.1) is 0 Å². The van der Waals surface area contributed by atoms with Gasteiger partial charge in [0.25, 0.3) is 0 Å². The van der Waals surface area contributed by atoms with Crippen molar-refractivity contribution in [3.8, 4) is 0 Å². The van der Waals surface area contributed by atoms with Crippen LogP contribution in [0.5, 0.6) is 0 Å². The van der Waals surface area contributed by atoms with Gasteiger partial charge in [0.1, 0.15) is 6.04 Å². The summed E-state index contributed by atoms with van der Waals surface area (Å²) in [7, 11) is 0. The minimum absolute atomic E-state index is 0.104. The van der Waals surface area contributed by atoms with E-state index in [1.54, 1.807) is 0 Å². The van der Waals surface area contributed by atoms with Gasteiger partial charge in [-0.3, -0.25) is 14.5 Å². The maximum Gasteiger partial charge on any atom is 0.323 e. The summed E-state index contributed by atoms with van der Waals surface area (Å²) in [6, 6.07) is 0.274. The van der Waals surface area contributed by atoms with Crippen molar-refractivity contribution >= 4 is 11.9 Å². The van der Waals surface area contributed by atoms with Gasteiger partial charge in [0.05, 0.1) is 6.61 Å². The van der Waals surface area contributed by atoms with Crippen molar-refractivity contribution in [2.45, 2.75) is 51.1 Å². The first kappa shape index (κ1) is 13.3. The van der Waals surface area contributed by atoms with Crippen molar-refractivity contribution in [2.24, 2.45) is 0 Å². The number of likely N-dealkylation sites (tertiary alicyclic amines) is 1. The lowest BCUT2D eigenvalue weighted by Gasteiger charge is -2.22. The smallest absolute Gasteiger partial charge is 0.323 e. The minimum Gasteiger partial charge on any atom is -0.465 e. The Labute approximate surface area is 108 Å².